The summed E-state index contributed by atoms with van der Waals surface area (Å²) in [6, 6.07) is 0. The smallest absolute Gasteiger partial charge is 0.462 e. The molecule has 0 saturated heterocycles. The molecule has 0 bridgehead atoms. The highest BCUT2D eigenvalue weighted by Crippen LogP contribution is 2.43. The molecule has 0 aliphatic rings. The van der Waals surface area contributed by atoms with E-state index in [9.17, 15) is 24.2 Å². The van der Waals surface area contributed by atoms with Crippen LogP contribution in [0.1, 0.15) is 155 Å². The first-order chi connectivity index (χ1) is 27.7. The van der Waals surface area contributed by atoms with Gasteiger partial charge in [0.1, 0.15) is 12.7 Å². The van der Waals surface area contributed by atoms with Gasteiger partial charge < -0.3 is 24.6 Å². The molecule has 0 spiro atoms. The maximum absolute atomic E-state index is 12.6. The van der Waals surface area contributed by atoms with Crippen molar-refractivity contribution in [2.24, 2.45) is 0 Å². The van der Waals surface area contributed by atoms with Crippen LogP contribution in [0.15, 0.2) is 85.1 Å². The van der Waals surface area contributed by atoms with Crippen LogP contribution in [0.4, 0.5) is 0 Å². The number of rotatable bonds is 39. The number of esters is 2. The molecule has 0 aliphatic heterocycles. The summed E-state index contributed by atoms with van der Waals surface area (Å²) in [5, 5.41) is 18.3. The Morgan fingerprint density at radius 1 is 0.544 bits per heavy atom. The Morgan fingerprint density at radius 2 is 0.965 bits per heavy atom. The first-order valence-corrected chi connectivity index (χ1v) is 23.0. The molecule has 0 saturated carbocycles. The van der Waals surface area contributed by atoms with Gasteiger partial charge in [0.15, 0.2) is 6.10 Å². The van der Waals surface area contributed by atoms with Gasteiger partial charge in [-0.15, -0.1) is 0 Å². The number of hydrogen-bond acceptors (Lipinski definition) is 9. The van der Waals surface area contributed by atoms with Crippen molar-refractivity contribution in [2.45, 2.75) is 167 Å². The minimum absolute atomic E-state index is 0.0481. The number of aliphatic hydroxyl groups excluding tert-OH is 2. The molecule has 0 fully saturated rings. The summed E-state index contributed by atoms with van der Waals surface area (Å²) in [4.78, 5) is 34.9. The van der Waals surface area contributed by atoms with Gasteiger partial charge in [-0.2, -0.15) is 0 Å². The zero-order chi connectivity index (χ0) is 41.9. The minimum atomic E-state index is -4.65. The number of aliphatic hydroxyl groups is 2. The van der Waals surface area contributed by atoms with E-state index in [0.717, 1.165) is 51.4 Å². The van der Waals surface area contributed by atoms with Crippen LogP contribution in [0.25, 0.3) is 0 Å². The van der Waals surface area contributed by atoms with Crippen molar-refractivity contribution in [3.63, 3.8) is 0 Å². The van der Waals surface area contributed by atoms with E-state index in [1.165, 1.54) is 64.2 Å². The molecule has 0 amide bonds. The van der Waals surface area contributed by atoms with Gasteiger partial charge in [-0.1, -0.05) is 163 Å². The molecular formula is C46H77O10P. The molecule has 0 rings (SSSR count). The maximum atomic E-state index is 12.6. The molecule has 0 aromatic rings. The van der Waals surface area contributed by atoms with Crippen molar-refractivity contribution in [3.8, 4) is 0 Å². The average Bonchev–Trinajstić information content (AvgIpc) is 3.20. The number of phosphoric ester groups is 1. The summed E-state index contributed by atoms with van der Waals surface area (Å²) in [6.45, 7) is 2.12. The van der Waals surface area contributed by atoms with Crippen molar-refractivity contribution < 1.29 is 47.8 Å². The van der Waals surface area contributed by atoms with Crippen LogP contribution in [0.2, 0.25) is 0 Å². The lowest BCUT2D eigenvalue weighted by Crippen LogP contribution is -2.29. The average molecular weight is 821 g/mol. The van der Waals surface area contributed by atoms with E-state index in [-0.39, 0.29) is 19.4 Å². The molecule has 3 N–H and O–H groups in total. The number of carbonyl (C=O) groups excluding carboxylic acids is 2. The van der Waals surface area contributed by atoms with Gasteiger partial charge in [0.25, 0.3) is 0 Å². The van der Waals surface area contributed by atoms with E-state index >= 15 is 0 Å². The van der Waals surface area contributed by atoms with Crippen molar-refractivity contribution in [1.29, 1.82) is 0 Å². The van der Waals surface area contributed by atoms with E-state index in [1.54, 1.807) is 0 Å². The van der Waals surface area contributed by atoms with Gasteiger partial charge >= 0.3 is 19.8 Å². The van der Waals surface area contributed by atoms with Gasteiger partial charge in [-0.25, -0.2) is 4.57 Å². The second-order valence-corrected chi connectivity index (χ2v) is 15.4. The zero-order valence-corrected chi connectivity index (χ0v) is 36.2. The van der Waals surface area contributed by atoms with E-state index in [4.69, 9.17) is 19.1 Å². The van der Waals surface area contributed by atoms with Gasteiger partial charge in [-0.3, -0.25) is 18.6 Å². The molecule has 0 aromatic heterocycles. The lowest BCUT2D eigenvalue weighted by molar-refractivity contribution is -0.161. The van der Waals surface area contributed by atoms with Crippen LogP contribution >= 0.6 is 7.82 Å². The van der Waals surface area contributed by atoms with Crippen molar-refractivity contribution >= 4 is 19.8 Å². The Balaban J connectivity index is 4.49. The Hall–Kier alpha value is -2.85. The predicted octanol–water partition coefficient (Wildman–Crippen LogP) is 11.4. The third kappa shape index (κ3) is 41.1. The molecular weight excluding hydrogens is 743 g/mol. The predicted molar refractivity (Wildman–Crippen MR) is 233 cm³/mol. The van der Waals surface area contributed by atoms with E-state index in [2.05, 4.69) is 85.2 Å². The summed E-state index contributed by atoms with van der Waals surface area (Å²) in [7, 11) is -4.65. The van der Waals surface area contributed by atoms with Crippen LogP contribution in [0, 0.1) is 0 Å². The highest BCUT2D eigenvalue weighted by molar-refractivity contribution is 7.47. The molecule has 10 nitrogen and oxygen atoms in total. The Morgan fingerprint density at radius 3 is 1.47 bits per heavy atom. The highest BCUT2D eigenvalue weighted by atomic mass is 31.2. The molecule has 0 aliphatic carbocycles. The molecule has 3 atom stereocenters. The Bertz CT molecular complexity index is 1220. The number of phosphoric acid groups is 1. The van der Waals surface area contributed by atoms with E-state index < -0.39 is 51.8 Å². The molecule has 11 heteroatoms. The summed E-state index contributed by atoms with van der Waals surface area (Å²) in [5.74, 6) is -1.09. The number of ether oxygens (including phenoxy) is 2. The van der Waals surface area contributed by atoms with Crippen molar-refractivity contribution in [1.82, 2.24) is 0 Å². The molecule has 1 unspecified atom stereocenters. The van der Waals surface area contributed by atoms with Gasteiger partial charge in [0.2, 0.25) is 0 Å². The highest BCUT2D eigenvalue weighted by Gasteiger charge is 2.27. The topological polar surface area (TPSA) is 149 Å². The number of carbonyl (C=O) groups is 2. The number of unbranched alkanes of at least 4 members (excludes halogenated alkanes) is 11. The standard InChI is InChI=1S/C46H77O10P/c1-3-5-7-9-11-13-15-17-19-20-21-22-24-26-28-30-32-34-36-38-46(50)56-44(42-55-57(51,52)54-40-43(48)39-47)41-53-45(49)37-35-33-31-29-27-25-23-18-16-14-12-10-8-6-4-2/h5,7,11,13,17,19,21-22,26,28,31-34,43-44,47-48H,3-4,6,8-10,12,14-16,18,20,23-25,27,29-30,35-42H2,1-2H3,(H,51,52)/b7-5+,13-11+,19-17+,22-21+,28-26+,33-31+,34-32+/t43-,44+/m0/s1. The SMILES string of the molecule is CC/C=C/C/C=C/C/C=C/C/C=C/C/C=C/C/C=C/CCC(=O)O[C@H](COC(=O)CC/C=C/CCCCCCCCCCCCC)COP(=O)(O)OC[C@@H](O)CO. The summed E-state index contributed by atoms with van der Waals surface area (Å²) in [5.41, 5.74) is 0. The third-order valence-electron chi connectivity index (χ3n) is 8.56. The second kappa shape index (κ2) is 41.3. The Labute approximate surface area is 345 Å². The maximum Gasteiger partial charge on any atom is 0.472 e. The van der Waals surface area contributed by atoms with Gasteiger partial charge in [-0.05, 0) is 64.2 Å². The van der Waals surface area contributed by atoms with Crippen LogP contribution in [-0.4, -0.2) is 65.7 Å². The van der Waals surface area contributed by atoms with Crippen LogP contribution in [0.5, 0.6) is 0 Å². The van der Waals surface area contributed by atoms with Crippen molar-refractivity contribution in [2.75, 3.05) is 26.4 Å². The minimum Gasteiger partial charge on any atom is -0.462 e. The zero-order valence-electron chi connectivity index (χ0n) is 35.3. The van der Waals surface area contributed by atoms with Crippen molar-refractivity contribution in [3.05, 3.63) is 85.1 Å². The molecule has 0 aromatic carbocycles. The van der Waals surface area contributed by atoms with E-state index in [0.29, 0.717) is 12.8 Å². The Kier molecular flexibility index (Phi) is 39.2. The molecule has 0 heterocycles. The largest absolute Gasteiger partial charge is 0.472 e. The fraction of sp³-hybridized carbons (Fsp3) is 0.652. The molecule has 326 valence electrons. The quantitative estimate of drug-likeness (QED) is 0.0237. The fourth-order valence-corrected chi connectivity index (χ4v) is 6.06. The third-order valence-corrected chi connectivity index (χ3v) is 9.51. The summed E-state index contributed by atoms with van der Waals surface area (Å²) < 4.78 is 32.6. The van der Waals surface area contributed by atoms with Gasteiger partial charge in [0, 0.05) is 12.8 Å². The van der Waals surface area contributed by atoms with Crippen LogP contribution in [0.3, 0.4) is 0 Å². The molecule has 57 heavy (non-hydrogen) atoms. The van der Waals surface area contributed by atoms with Crippen LogP contribution in [-0.2, 0) is 32.7 Å². The van der Waals surface area contributed by atoms with E-state index in [1.807, 2.05) is 18.2 Å². The normalized spacial score (nSPS) is 14.7. The fourth-order valence-electron chi connectivity index (χ4n) is 5.27. The monoisotopic (exact) mass is 821 g/mol. The van der Waals surface area contributed by atoms with Crippen LogP contribution < -0.4 is 0 Å². The number of hydrogen-bond donors (Lipinski definition) is 3. The first kappa shape index (κ1) is 54.2. The summed E-state index contributed by atoms with van der Waals surface area (Å²) >= 11 is 0. The number of allylic oxidation sites excluding steroid dienone is 14. The lowest BCUT2D eigenvalue weighted by Gasteiger charge is -2.20. The van der Waals surface area contributed by atoms with Gasteiger partial charge in [0.05, 0.1) is 19.8 Å². The lowest BCUT2D eigenvalue weighted by atomic mass is 10.1. The molecule has 0 radical (unpaired) electrons. The first-order valence-electron chi connectivity index (χ1n) is 21.5. The summed E-state index contributed by atoms with van der Waals surface area (Å²) in [6.07, 6.45) is 48.6. The second-order valence-electron chi connectivity index (χ2n) is 14.0.